The second-order valence-electron chi connectivity index (χ2n) is 4.06. The highest BCUT2D eigenvalue weighted by molar-refractivity contribution is 9.10. The zero-order valence-electron chi connectivity index (χ0n) is 10.3. The van der Waals surface area contributed by atoms with Crippen molar-refractivity contribution >= 4 is 42.8 Å². The molecule has 0 unspecified atom stereocenters. The van der Waals surface area contributed by atoms with E-state index in [1.54, 1.807) is 0 Å². The van der Waals surface area contributed by atoms with Crippen LogP contribution >= 0.6 is 27.3 Å². The molecule has 2 aromatic rings. The number of sulfone groups is 1. The van der Waals surface area contributed by atoms with Gasteiger partial charge in [-0.2, -0.15) is 13.2 Å². The van der Waals surface area contributed by atoms with Crippen LogP contribution in [0.2, 0.25) is 0 Å². The van der Waals surface area contributed by atoms with Gasteiger partial charge in [0.15, 0.2) is 0 Å². The van der Waals surface area contributed by atoms with Gasteiger partial charge in [-0.3, -0.25) is 0 Å². The number of halogens is 4. The standard InChI is InChI=1S/C12H9BrF3NO2S2/c13-8-5-10(20-7-8)6-17-9-1-3-11(4-2-9)21(18,19)12(14,15)16/h1-5,7,17H,6H2. The number of hydrogen-bond acceptors (Lipinski definition) is 4. The highest BCUT2D eigenvalue weighted by atomic mass is 79.9. The van der Waals surface area contributed by atoms with Crippen LogP contribution < -0.4 is 5.32 Å². The first-order valence-corrected chi connectivity index (χ1v) is 8.74. The van der Waals surface area contributed by atoms with E-state index in [9.17, 15) is 21.6 Å². The minimum Gasteiger partial charge on any atom is -0.380 e. The molecule has 0 bridgehead atoms. The molecular weight excluding hydrogens is 391 g/mol. The van der Waals surface area contributed by atoms with Gasteiger partial charge in [0.2, 0.25) is 0 Å². The van der Waals surface area contributed by atoms with E-state index in [1.807, 2.05) is 11.4 Å². The lowest BCUT2D eigenvalue weighted by Crippen LogP contribution is -2.23. The largest absolute Gasteiger partial charge is 0.501 e. The van der Waals surface area contributed by atoms with Gasteiger partial charge in [0.05, 0.1) is 4.90 Å². The predicted molar refractivity (Wildman–Crippen MR) is 79.0 cm³/mol. The topological polar surface area (TPSA) is 46.2 Å². The van der Waals surface area contributed by atoms with Crippen LogP contribution in [0.15, 0.2) is 45.1 Å². The Hall–Kier alpha value is -1.06. The lowest BCUT2D eigenvalue weighted by molar-refractivity contribution is -0.0436. The Labute approximate surface area is 131 Å². The van der Waals surface area contributed by atoms with Crippen LogP contribution in [0.5, 0.6) is 0 Å². The van der Waals surface area contributed by atoms with Crippen molar-refractivity contribution in [2.75, 3.05) is 5.32 Å². The van der Waals surface area contributed by atoms with Gasteiger partial charge >= 0.3 is 5.51 Å². The predicted octanol–water partition coefficient (Wildman–Crippen LogP) is 4.42. The average molecular weight is 400 g/mol. The van der Waals surface area contributed by atoms with E-state index in [-0.39, 0.29) is 0 Å². The Morgan fingerprint density at radius 1 is 1.19 bits per heavy atom. The van der Waals surface area contributed by atoms with Crippen LogP contribution in [0.4, 0.5) is 18.9 Å². The van der Waals surface area contributed by atoms with Crippen LogP contribution in [0.1, 0.15) is 4.88 Å². The van der Waals surface area contributed by atoms with Gasteiger partial charge in [-0.05, 0) is 46.3 Å². The molecule has 0 spiro atoms. The third-order valence-electron chi connectivity index (χ3n) is 2.56. The smallest absolute Gasteiger partial charge is 0.380 e. The van der Waals surface area contributed by atoms with Crippen LogP contribution in [0.3, 0.4) is 0 Å². The van der Waals surface area contributed by atoms with Crippen LogP contribution in [0, 0.1) is 0 Å². The third-order valence-corrected chi connectivity index (χ3v) is 5.76. The molecule has 0 atom stereocenters. The Morgan fingerprint density at radius 3 is 2.29 bits per heavy atom. The summed E-state index contributed by atoms with van der Waals surface area (Å²) in [4.78, 5) is 0.272. The van der Waals surface area contributed by atoms with E-state index in [1.165, 1.54) is 23.5 Å². The van der Waals surface area contributed by atoms with Crippen molar-refractivity contribution < 1.29 is 21.6 Å². The van der Waals surface area contributed by atoms with Gasteiger partial charge in [-0.1, -0.05) is 0 Å². The summed E-state index contributed by atoms with van der Waals surface area (Å²) >= 11 is 4.84. The Kier molecular flexibility index (Phi) is 4.64. The number of nitrogens with one attached hydrogen (secondary N) is 1. The SMILES string of the molecule is O=S(=O)(c1ccc(NCc2cc(Br)cs2)cc1)C(F)(F)F. The fraction of sp³-hybridized carbons (Fsp3) is 0.167. The normalized spacial score (nSPS) is 12.4. The Morgan fingerprint density at radius 2 is 1.81 bits per heavy atom. The highest BCUT2D eigenvalue weighted by Gasteiger charge is 2.46. The summed E-state index contributed by atoms with van der Waals surface area (Å²) in [6.45, 7) is 0.502. The maximum Gasteiger partial charge on any atom is 0.501 e. The first-order valence-electron chi connectivity index (χ1n) is 5.58. The van der Waals surface area contributed by atoms with Gasteiger partial charge in [-0.25, -0.2) is 8.42 Å². The fourth-order valence-corrected chi connectivity index (χ4v) is 3.67. The van der Waals surface area contributed by atoms with Crippen molar-refractivity contribution in [2.45, 2.75) is 16.9 Å². The molecule has 0 aliphatic heterocycles. The molecule has 1 aromatic heterocycles. The molecule has 0 aliphatic carbocycles. The molecule has 9 heteroatoms. The second-order valence-corrected chi connectivity index (χ2v) is 7.91. The molecule has 1 heterocycles. The number of rotatable bonds is 4. The minimum absolute atomic E-state index is 0.502. The van der Waals surface area contributed by atoms with Crippen molar-refractivity contribution in [2.24, 2.45) is 0 Å². The number of alkyl halides is 3. The zero-order chi connectivity index (χ0) is 15.7. The van der Waals surface area contributed by atoms with Crippen molar-refractivity contribution in [3.63, 3.8) is 0 Å². The quantitative estimate of drug-likeness (QED) is 0.827. The van der Waals surface area contributed by atoms with Crippen LogP contribution in [-0.4, -0.2) is 13.9 Å². The van der Waals surface area contributed by atoms with Gasteiger partial charge < -0.3 is 5.32 Å². The maximum atomic E-state index is 12.4. The number of benzene rings is 1. The summed E-state index contributed by atoms with van der Waals surface area (Å²) in [5.41, 5.74) is -4.74. The summed E-state index contributed by atoms with van der Waals surface area (Å²) < 4.78 is 60.5. The van der Waals surface area contributed by atoms with Crippen molar-refractivity contribution in [1.29, 1.82) is 0 Å². The average Bonchev–Trinajstić information content (AvgIpc) is 2.81. The first-order chi connectivity index (χ1) is 9.70. The van der Waals surface area contributed by atoms with Gasteiger partial charge in [0.1, 0.15) is 0 Å². The molecule has 1 N–H and O–H groups in total. The number of anilines is 1. The molecule has 1 aromatic carbocycles. The summed E-state index contributed by atoms with van der Waals surface area (Å²) in [5, 5.41) is 4.92. The van der Waals surface area contributed by atoms with Crippen LogP contribution in [-0.2, 0) is 16.4 Å². The monoisotopic (exact) mass is 399 g/mol. The molecule has 2 rings (SSSR count). The number of thiophene rings is 1. The lowest BCUT2D eigenvalue weighted by Gasteiger charge is -2.09. The third kappa shape index (κ3) is 3.78. The maximum absolute atomic E-state index is 12.4. The van der Waals surface area contributed by atoms with Crippen LogP contribution in [0.25, 0.3) is 0 Å². The highest BCUT2D eigenvalue weighted by Crippen LogP contribution is 2.30. The van der Waals surface area contributed by atoms with Gasteiger partial charge in [0.25, 0.3) is 9.84 Å². The van der Waals surface area contributed by atoms with E-state index < -0.39 is 20.2 Å². The summed E-state index contributed by atoms with van der Waals surface area (Å²) in [6, 6.07) is 6.41. The molecule has 3 nitrogen and oxygen atoms in total. The van der Waals surface area contributed by atoms with Gasteiger partial charge in [0, 0.05) is 27.0 Å². The number of hydrogen-bond donors (Lipinski definition) is 1. The molecule has 0 amide bonds. The van der Waals surface area contributed by atoms with Crippen molar-refractivity contribution in [1.82, 2.24) is 0 Å². The van der Waals surface area contributed by atoms with E-state index in [2.05, 4.69) is 21.2 Å². The van der Waals surface area contributed by atoms with E-state index in [4.69, 9.17) is 0 Å². The summed E-state index contributed by atoms with van der Waals surface area (Å²) in [5.74, 6) is 0. The molecular formula is C12H9BrF3NO2S2. The molecule has 0 fully saturated rings. The van der Waals surface area contributed by atoms with Crippen molar-refractivity contribution in [3.8, 4) is 0 Å². The first kappa shape index (κ1) is 16.3. The van der Waals surface area contributed by atoms with E-state index in [0.717, 1.165) is 21.5 Å². The molecule has 0 aliphatic rings. The molecule has 0 saturated carbocycles. The lowest BCUT2D eigenvalue weighted by atomic mass is 10.3. The van der Waals surface area contributed by atoms with Crippen molar-refractivity contribution in [3.05, 3.63) is 45.1 Å². The Balaban J connectivity index is 2.09. The zero-order valence-corrected chi connectivity index (χ0v) is 13.5. The molecule has 0 saturated heterocycles. The van der Waals surface area contributed by atoms with Gasteiger partial charge in [-0.15, -0.1) is 11.3 Å². The molecule has 114 valence electrons. The fourth-order valence-electron chi connectivity index (χ4n) is 1.52. The minimum atomic E-state index is -5.29. The molecule has 21 heavy (non-hydrogen) atoms. The van der Waals surface area contributed by atoms with E-state index in [0.29, 0.717) is 12.2 Å². The molecule has 0 radical (unpaired) electrons. The summed E-state index contributed by atoms with van der Waals surface area (Å²) in [7, 11) is -5.29. The Bertz CT molecular complexity index is 724. The van der Waals surface area contributed by atoms with E-state index >= 15 is 0 Å². The summed E-state index contributed by atoms with van der Waals surface area (Å²) in [6.07, 6.45) is 0. The second kappa shape index (κ2) is 5.98.